The minimum absolute atomic E-state index is 0.117. The number of hydrogen-bond donors (Lipinski definition) is 3. The van der Waals surface area contributed by atoms with Gasteiger partial charge in [0.2, 0.25) is 0 Å². The van der Waals surface area contributed by atoms with E-state index in [1.54, 1.807) is 27.6 Å². The van der Waals surface area contributed by atoms with Gasteiger partial charge < -0.3 is 5.73 Å². The fourth-order valence-electron chi connectivity index (χ4n) is 3.63. The summed E-state index contributed by atoms with van der Waals surface area (Å²) in [6.45, 7) is 0. The van der Waals surface area contributed by atoms with Crippen molar-refractivity contribution in [3.63, 3.8) is 0 Å². The van der Waals surface area contributed by atoms with E-state index >= 15 is 0 Å². The lowest BCUT2D eigenvalue weighted by molar-refractivity contribution is 0.482. The highest BCUT2D eigenvalue weighted by molar-refractivity contribution is 7.90. The second-order valence-corrected chi connectivity index (χ2v) is 9.47. The van der Waals surface area contributed by atoms with Crippen molar-refractivity contribution in [3.8, 4) is 0 Å². The number of rotatable bonds is 3. The quantitative estimate of drug-likeness (QED) is 0.424. The molecular weight excluding hydrogens is 408 g/mol. The van der Waals surface area contributed by atoms with E-state index in [9.17, 15) is 25.9 Å². The molecule has 12 heteroatoms. The summed E-state index contributed by atoms with van der Waals surface area (Å²) < 4.78 is 68.0. The highest BCUT2D eigenvalue weighted by atomic mass is 32.2. The molecule has 10 nitrogen and oxygen atoms in total. The summed E-state index contributed by atoms with van der Waals surface area (Å²) in [6.07, 6.45) is 2.15. The lowest BCUT2D eigenvalue weighted by atomic mass is 10.1. The molecule has 4 aromatic rings. The summed E-state index contributed by atoms with van der Waals surface area (Å²) in [5, 5.41) is 1.42. The van der Waals surface area contributed by atoms with E-state index in [4.69, 9.17) is 5.73 Å². The van der Waals surface area contributed by atoms with Crippen LogP contribution in [0.1, 0.15) is 12.8 Å². The van der Waals surface area contributed by atoms with Gasteiger partial charge in [0.25, 0.3) is 20.2 Å². The highest BCUT2D eigenvalue weighted by Crippen LogP contribution is 2.36. The van der Waals surface area contributed by atoms with Gasteiger partial charge in [0, 0.05) is 11.1 Å². The van der Waals surface area contributed by atoms with Crippen LogP contribution in [-0.2, 0) is 20.2 Å². The van der Waals surface area contributed by atoms with Crippen LogP contribution >= 0.6 is 0 Å². The van der Waals surface area contributed by atoms with E-state index in [-0.39, 0.29) is 15.5 Å². The van der Waals surface area contributed by atoms with Crippen LogP contribution in [-0.4, -0.2) is 40.0 Å². The molecule has 0 bridgehead atoms. The molecule has 146 valence electrons. The van der Waals surface area contributed by atoms with Gasteiger partial charge >= 0.3 is 0 Å². The van der Waals surface area contributed by atoms with Crippen molar-refractivity contribution in [1.82, 2.24) is 14.1 Å². The third-order valence-corrected chi connectivity index (χ3v) is 6.75. The maximum absolute atomic E-state index is 11.5. The van der Waals surface area contributed by atoms with Gasteiger partial charge in [-0.3, -0.25) is 9.11 Å². The van der Waals surface area contributed by atoms with Crippen LogP contribution in [0.4, 0.5) is 0 Å². The molecule has 4 N–H and O–H groups in total. The second kappa shape index (κ2) is 5.17. The number of allylic oxidation sites excluding steroid dienone is 3. The summed E-state index contributed by atoms with van der Waals surface area (Å²) in [6, 6.07) is 7.88. The molecule has 0 amide bonds. The van der Waals surface area contributed by atoms with Crippen LogP contribution in [0, 0.1) is 0 Å². The van der Waals surface area contributed by atoms with Crippen molar-refractivity contribution >= 4 is 47.7 Å². The first-order chi connectivity index (χ1) is 13.1. The first-order valence-electron chi connectivity index (χ1n) is 8.18. The fraction of sp³-hybridized carbons (Fsp3) is 0.125. The molecule has 1 aliphatic carbocycles. The molecule has 0 atom stereocenters. The van der Waals surface area contributed by atoms with Gasteiger partial charge in [-0.1, -0.05) is 12.1 Å². The Morgan fingerprint density at radius 2 is 1.68 bits per heavy atom. The summed E-state index contributed by atoms with van der Waals surface area (Å²) in [4.78, 5) is 1.28. The predicted octanol–water partition coefficient (Wildman–Crippen LogP) is 1.52. The van der Waals surface area contributed by atoms with E-state index in [1.165, 1.54) is 18.2 Å². The molecule has 28 heavy (non-hydrogen) atoms. The Bertz CT molecular complexity index is 1560. The molecule has 0 saturated carbocycles. The van der Waals surface area contributed by atoms with Gasteiger partial charge in [0.05, 0.1) is 10.6 Å². The Balaban J connectivity index is 1.68. The number of aromatic nitrogens is 3. The average molecular weight is 422 g/mol. The van der Waals surface area contributed by atoms with Gasteiger partial charge in [-0.15, -0.1) is 9.26 Å². The summed E-state index contributed by atoms with van der Waals surface area (Å²) in [5.41, 5.74) is 8.19. The molecule has 0 aliphatic heterocycles. The van der Waals surface area contributed by atoms with E-state index in [0.717, 1.165) is 16.4 Å². The van der Waals surface area contributed by atoms with Gasteiger partial charge in [-0.25, -0.2) is 0 Å². The zero-order chi connectivity index (χ0) is 20.0. The van der Waals surface area contributed by atoms with Gasteiger partial charge in [0.15, 0.2) is 0 Å². The van der Waals surface area contributed by atoms with Crippen molar-refractivity contribution in [3.05, 3.63) is 47.0 Å². The van der Waals surface area contributed by atoms with Crippen molar-refractivity contribution in [2.45, 2.75) is 17.7 Å². The Hall–Kier alpha value is -2.80. The first-order valence-corrected chi connectivity index (χ1v) is 11.1. The SMILES string of the molecule is NC1=C(S(=O)(=O)O)C=C(n2n3c4ccc5cc(S(=O)(=O)O)ccc5c4n23)CC1. The molecule has 0 saturated heterocycles. The summed E-state index contributed by atoms with van der Waals surface area (Å²) >= 11 is 0. The Morgan fingerprint density at radius 3 is 2.36 bits per heavy atom. The largest absolute Gasteiger partial charge is 0.401 e. The third-order valence-electron chi connectivity index (χ3n) is 4.96. The van der Waals surface area contributed by atoms with Crippen LogP contribution in [0.2, 0.25) is 0 Å². The first kappa shape index (κ1) is 17.3. The van der Waals surface area contributed by atoms with Crippen molar-refractivity contribution in [1.29, 1.82) is 0 Å². The Kier molecular flexibility index (Phi) is 3.20. The molecule has 0 radical (unpaired) electrons. The molecule has 2 aromatic heterocycles. The second-order valence-electron chi connectivity index (χ2n) is 6.66. The number of hydrogen-bond acceptors (Lipinski definition) is 5. The van der Waals surface area contributed by atoms with E-state index < -0.39 is 20.2 Å². The highest BCUT2D eigenvalue weighted by Gasteiger charge is 2.30. The number of nitrogens with two attached hydrogens (primary N) is 1. The zero-order valence-electron chi connectivity index (χ0n) is 14.1. The summed E-state index contributed by atoms with van der Waals surface area (Å²) in [7, 11) is -8.71. The van der Waals surface area contributed by atoms with Crippen LogP contribution in [0.15, 0.2) is 51.9 Å². The molecule has 2 heterocycles. The predicted molar refractivity (Wildman–Crippen MR) is 101 cm³/mol. The monoisotopic (exact) mass is 422 g/mol. The number of nitrogens with zero attached hydrogens (tertiary/aromatic N) is 3. The van der Waals surface area contributed by atoms with Crippen LogP contribution in [0.3, 0.4) is 0 Å². The number of benzene rings is 2. The van der Waals surface area contributed by atoms with E-state index in [2.05, 4.69) is 0 Å². The lowest BCUT2D eigenvalue weighted by Crippen LogP contribution is -2.14. The van der Waals surface area contributed by atoms with Gasteiger partial charge in [-0.05, 0) is 42.5 Å². The minimum atomic E-state index is -4.42. The van der Waals surface area contributed by atoms with Crippen molar-refractivity contribution in [2.75, 3.05) is 0 Å². The number of fused-ring (bicyclic) bond motifs is 6. The molecule has 0 unspecified atom stereocenters. The maximum atomic E-state index is 11.5. The van der Waals surface area contributed by atoms with Crippen LogP contribution < -0.4 is 5.73 Å². The molecule has 0 fully saturated rings. The standard InChI is InChI=1S/C16H14N4O6S2/c17-13-5-2-10(8-15(13)28(24,25)26)18-19-14-6-1-9-7-11(27(21,22)23)3-4-12(9)16(14)20(18)19/h1,3-4,6-8H,2,5,17H2,(H,21,22,23)(H,24,25,26). The lowest BCUT2D eigenvalue weighted by Gasteiger charge is -2.12. The fourth-order valence-corrected chi connectivity index (χ4v) is 4.87. The van der Waals surface area contributed by atoms with E-state index in [1.807, 2.05) is 4.63 Å². The maximum Gasteiger partial charge on any atom is 0.296 e. The van der Waals surface area contributed by atoms with Gasteiger partial charge in [-0.2, -0.15) is 21.6 Å². The van der Waals surface area contributed by atoms with Gasteiger partial charge in [0.1, 0.15) is 15.9 Å². The molecular formula is C16H14N4O6S2. The molecule has 1 aliphatic rings. The van der Waals surface area contributed by atoms with Crippen LogP contribution in [0.25, 0.3) is 27.5 Å². The Morgan fingerprint density at radius 1 is 0.929 bits per heavy atom. The third kappa shape index (κ3) is 2.32. The summed E-state index contributed by atoms with van der Waals surface area (Å²) in [5.74, 6) is 0. The normalized spacial score (nSPS) is 16.7. The minimum Gasteiger partial charge on any atom is -0.401 e. The van der Waals surface area contributed by atoms with E-state index in [0.29, 0.717) is 23.9 Å². The zero-order valence-corrected chi connectivity index (χ0v) is 15.8. The smallest absolute Gasteiger partial charge is 0.296 e. The molecule has 0 spiro atoms. The Labute approximate surface area is 158 Å². The molecule has 5 rings (SSSR count). The molecule has 2 aromatic carbocycles. The van der Waals surface area contributed by atoms with Crippen molar-refractivity contribution < 1.29 is 25.9 Å². The topological polar surface area (TPSA) is 149 Å². The van der Waals surface area contributed by atoms with Crippen LogP contribution in [0.5, 0.6) is 0 Å². The van der Waals surface area contributed by atoms with Crippen molar-refractivity contribution in [2.24, 2.45) is 5.73 Å². The average Bonchev–Trinajstić information content (AvgIpc) is 3.24.